The molecule has 2 aromatic carbocycles. The molecule has 0 aliphatic heterocycles. The normalized spacial score (nSPS) is 10.1. The summed E-state index contributed by atoms with van der Waals surface area (Å²) >= 11 is 0. The third-order valence-corrected chi connectivity index (χ3v) is 3.93. The van der Waals surface area contributed by atoms with Gasteiger partial charge in [0.25, 0.3) is 5.91 Å². The molecule has 27 heavy (non-hydrogen) atoms. The zero-order valence-corrected chi connectivity index (χ0v) is 15.5. The summed E-state index contributed by atoms with van der Waals surface area (Å²) in [4.78, 5) is 23.8. The number of benzene rings is 2. The summed E-state index contributed by atoms with van der Waals surface area (Å²) in [6.45, 7) is 0.631. The van der Waals surface area contributed by atoms with Gasteiger partial charge in [-0.15, -0.1) is 0 Å². The molecule has 0 atom stereocenters. The zero-order chi connectivity index (χ0) is 19.6. The van der Waals surface area contributed by atoms with Gasteiger partial charge in [-0.1, -0.05) is 12.1 Å². The van der Waals surface area contributed by atoms with Gasteiger partial charge >= 0.3 is 0 Å². The van der Waals surface area contributed by atoms with E-state index in [-0.39, 0.29) is 17.6 Å². The summed E-state index contributed by atoms with van der Waals surface area (Å²) in [6.07, 6.45) is 0.901. The lowest BCUT2D eigenvalue weighted by molar-refractivity contribution is -0.121. The van der Waals surface area contributed by atoms with Crippen LogP contribution in [0, 0.1) is 0 Å². The monoisotopic (exact) mass is 372 g/mol. The molecule has 2 amide bonds. The van der Waals surface area contributed by atoms with Crippen molar-refractivity contribution in [1.82, 2.24) is 10.6 Å². The molecule has 0 fully saturated rings. The van der Waals surface area contributed by atoms with Gasteiger partial charge in [-0.05, 0) is 42.3 Å². The molecule has 0 saturated carbocycles. The Bertz CT molecular complexity index is 792. The summed E-state index contributed by atoms with van der Waals surface area (Å²) in [7, 11) is 3.14. The molecular weight excluding hydrogens is 348 g/mol. The molecule has 2 aromatic rings. The van der Waals surface area contributed by atoms with Crippen LogP contribution in [0.2, 0.25) is 0 Å². The van der Waals surface area contributed by atoms with E-state index < -0.39 is 0 Å². The first kappa shape index (κ1) is 20.1. The number of hydrogen-bond donors (Lipinski definition) is 3. The lowest BCUT2D eigenvalue weighted by atomic mass is 10.1. The average Bonchev–Trinajstić information content (AvgIpc) is 2.69. The fraction of sp³-hybridized carbons (Fsp3) is 0.300. The van der Waals surface area contributed by atoms with Crippen molar-refractivity contribution in [2.75, 3.05) is 27.3 Å². The second-order valence-electron chi connectivity index (χ2n) is 5.85. The lowest BCUT2D eigenvalue weighted by Gasteiger charge is -2.10. The predicted molar refractivity (Wildman–Crippen MR) is 101 cm³/mol. The van der Waals surface area contributed by atoms with Crippen LogP contribution in [0.4, 0.5) is 0 Å². The van der Waals surface area contributed by atoms with Gasteiger partial charge in [0.1, 0.15) is 5.75 Å². The van der Waals surface area contributed by atoms with E-state index in [0.29, 0.717) is 43.0 Å². The van der Waals surface area contributed by atoms with Gasteiger partial charge in [0.05, 0.1) is 14.2 Å². The Hall–Kier alpha value is -3.22. The molecule has 2 rings (SSSR count). The van der Waals surface area contributed by atoms with Gasteiger partial charge in [-0.3, -0.25) is 9.59 Å². The van der Waals surface area contributed by atoms with Crippen molar-refractivity contribution in [2.45, 2.75) is 12.8 Å². The van der Waals surface area contributed by atoms with E-state index in [4.69, 9.17) is 9.47 Å². The van der Waals surface area contributed by atoms with Crippen LogP contribution < -0.4 is 20.1 Å². The molecule has 0 saturated heterocycles. The molecule has 3 N–H and O–H groups in total. The number of phenols is 1. The van der Waals surface area contributed by atoms with Crippen LogP contribution in [0.15, 0.2) is 42.5 Å². The minimum Gasteiger partial charge on any atom is -0.508 e. The summed E-state index contributed by atoms with van der Waals surface area (Å²) in [6, 6.07) is 11.6. The SMILES string of the molecule is COc1ccc(CCC(=O)NCCNC(=O)c2cccc(O)c2)cc1OC. The number of nitrogens with one attached hydrogen (secondary N) is 2. The molecule has 0 spiro atoms. The second-order valence-corrected chi connectivity index (χ2v) is 5.85. The molecule has 0 heterocycles. The van der Waals surface area contributed by atoms with Gasteiger partial charge in [0.2, 0.25) is 5.91 Å². The van der Waals surface area contributed by atoms with Crippen LogP contribution in [0.3, 0.4) is 0 Å². The van der Waals surface area contributed by atoms with Crippen LogP contribution in [-0.2, 0) is 11.2 Å². The van der Waals surface area contributed by atoms with E-state index in [2.05, 4.69) is 10.6 Å². The molecule has 0 aliphatic rings. The van der Waals surface area contributed by atoms with Crippen molar-refractivity contribution in [3.05, 3.63) is 53.6 Å². The molecule has 0 aromatic heterocycles. The molecule has 7 heteroatoms. The second kappa shape index (κ2) is 10.1. The summed E-state index contributed by atoms with van der Waals surface area (Å²) < 4.78 is 10.4. The van der Waals surface area contributed by atoms with Gasteiger partial charge in [-0.25, -0.2) is 0 Å². The highest BCUT2D eigenvalue weighted by molar-refractivity contribution is 5.94. The molecule has 7 nitrogen and oxygen atoms in total. The number of carbonyl (C=O) groups is 2. The van der Waals surface area contributed by atoms with E-state index in [1.165, 1.54) is 12.1 Å². The first-order valence-electron chi connectivity index (χ1n) is 8.58. The van der Waals surface area contributed by atoms with Crippen molar-refractivity contribution in [1.29, 1.82) is 0 Å². The van der Waals surface area contributed by atoms with E-state index in [1.807, 2.05) is 18.2 Å². The molecule has 0 radical (unpaired) electrons. The highest BCUT2D eigenvalue weighted by Gasteiger charge is 2.08. The molecule has 144 valence electrons. The van der Waals surface area contributed by atoms with Crippen molar-refractivity contribution in [2.24, 2.45) is 0 Å². The topological polar surface area (TPSA) is 96.9 Å². The van der Waals surface area contributed by atoms with Crippen LogP contribution in [0.1, 0.15) is 22.3 Å². The minimum atomic E-state index is -0.300. The van der Waals surface area contributed by atoms with Gasteiger partial charge in [0.15, 0.2) is 11.5 Å². The molecular formula is C20H24N2O5. The smallest absolute Gasteiger partial charge is 0.251 e. The Morgan fingerprint density at radius 2 is 1.70 bits per heavy atom. The maximum Gasteiger partial charge on any atom is 0.251 e. The highest BCUT2D eigenvalue weighted by Crippen LogP contribution is 2.27. The van der Waals surface area contributed by atoms with Crippen LogP contribution in [0.5, 0.6) is 17.2 Å². The van der Waals surface area contributed by atoms with Crippen LogP contribution in [0.25, 0.3) is 0 Å². The fourth-order valence-corrected chi connectivity index (χ4v) is 2.51. The third kappa shape index (κ3) is 6.22. The van der Waals surface area contributed by atoms with Crippen molar-refractivity contribution >= 4 is 11.8 Å². The number of hydrogen-bond acceptors (Lipinski definition) is 5. The highest BCUT2D eigenvalue weighted by atomic mass is 16.5. The first-order valence-corrected chi connectivity index (χ1v) is 8.58. The third-order valence-electron chi connectivity index (χ3n) is 3.93. The summed E-state index contributed by atoms with van der Waals surface area (Å²) in [5.41, 5.74) is 1.34. The van der Waals surface area contributed by atoms with Crippen molar-refractivity contribution in [3.63, 3.8) is 0 Å². The van der Waals surface area contributed by atoms with E-state index >= 15 is 0 Å². The Balaban J connectivity index is 1.70. The number of carbonyl (C=O) groups excluding carboxylic acids is 2. The first-order chi connectivity index (χ1) is 13.0. The van der Waals surface area contributed by atoms with Gasteiger partial charge < -0.3 is 25.2 Å². The summed E-state index contributed by atoms with van der Waals surface area (Å²) in [5.74, 6) is 0.909. The average molecular weight is 372 g/mol. The largest absolute Gasteiger partial charge is 0.508 e. The Morgan fingerprint density at radius 3 is 2.41 bits per heavy atom. The molecule has 0 aliphatic carbocycles. The zero-order valence-electron chi connectivity index (χ0n) is 15.5. The number of ether oxygens (including phenoxy) is 2. The van der Waals surface area contributed by atoms with Crippen molar-refractivity contribution in [3.8, 4) is 17.2 Å². The number of methoxy groups -OCH3 is 2. The van der Waals surface area contributed by atoms with E-state index in [9.17, 15) is 14.7 Å². The van der Waals surface area contributed by atoms with Crippen molar-refractivity contribution < 1.29 is 24.2 Å². The number of amides is 2. The molecule has 0 unspecified atom stereocenters. The number of aromatic hydroxyl groups is 1. The fourth-order valence-electron chi connectivity index (χ4n) is 2.51. The van der Waals surface area contributed by atoms with E-state index in [1.54, 1.807) is 26.4 Å². The number of phenolic OH excluding ortho intramolecular Hbond substituents is 1. The number of rotatable bonds is 9. The number of aryl methyl sites for hydroxylation is 1. The maximum absolute atomic E-state index is 11.9. The maximum atomic E-state index is 11.9. The minimum absolute atomic E-state index is 0.0334. The summed E-state index contributed by atoms with van der Waals surface area (Å²) in [5, 5.41) is 14.8. The Labute approximate surface area is 158 Å². The quantitative estimate of drug-likeness (QED) is 0.584. The lowest BCUT2D eigenvalue weighted by Crippen LogP contribution is -2.34. The van der Waals surface area contributed by atoms with E-state index in [0.717, 1.165) is 5.56 Å². The van der Waals surface area contributed by atoms with Gasteiger partial charge in [-0.2, -0.15) is 0 Å². The van der Waals surface area contributed by atoms with Crippen LogP contribution in [-0.4, -0.2) is 44.2 Å². The standard InChI is InChI=1S/C20H24N2O5/c1-26-17-8-6-14(12-18(17)27-2)7-9-19(24)21-10-11-22-20(25)15-4-3-5-16(23)13-15/h3-6,8,12-13,23H,7,9-11H2,1-2H3,(H,21,24)(H,22,25). The predicted octanol–water partition coefficient (Wildman–Crippen LogP) is 1.89. The molecule has 0 bridgehead atoms. The van der Waals surface area contributed by atoms with Crippen LogP contribution >= 0.6 is 0 Å². The Kier molecular flexibility index (Phi) is 7.49. The van der Waals surface area contributed by atoms with Gasteiger partial charge in [0, 0.05) is 25.1 Å². The Morgan fingerprint density at radius 1 is 0.963 bits per heavy atom.